The zero-order valence-electron chi connectivity index (χ0n) is 11.5. The molecule has 0 unspecified atom stereocenters. The lowest BCUT2D eigenvalue weighted by Gasteiger charge is -2.18. The van der Waals surface area contributed by atoms with Gasteiger partial charge in [-0.25, -0.2) is 17.5 Å². The smallest absolute Gasteiger partial charge is 0.337 e. The molecule has 1 rings (SSSR count). The van der Waals surface area contributed by atoms with Crippen molar-refractivity contribution in [3.8, 4) is 0 Å². The molecule has 1 N–H and O–H groups in total. The standard InChI is InChI=1S/C12H15Cl2NO5S/c1-15(4-3-5-20-2)21(18,19)11-6-8(12(16)17)9(13)7-10(11)14/h6-7H,3-5H2,1-2H3,(H,16,17). The number of nitrogens with zero attached hydrogens (tertiary/aromatic N) is 1. The van der Waals surface area contributed by atoms with E-state index in [1.807, 2.05) is 0 Å². The summed E-state index contributed by atoms with van der Waals surface area (Å²) in [6.45, 7) is 0.631. The van der Waals surface area contributed by atoms with Gasteiger partial charge in [0.15, 0.2) is 0 Å². The van der Waals surface area contributed by atoms with E-state index in [2.05, 4.69) is 0 Å². The summed E-state index contributed by atoms with van der Waals surface area (Å²) in [5.41, 5.74) is -0.315. The molecule has 1 aromatic carbocycles. The van der Waals surface area contributed by atoms with E-state index in [9.17, 15) is 13.2 Å². The lowest BCUT2D eigenvalue weighted by Crippen LogP contribution is -2.29. The molecule has 0 spiro atoms. The van der Waals surface area contributed by atoms with E-state index < -0.39 is 16.0 Å². The average molecular weight is 356 g/mol. The first kappa shape index (κ1) is 18.2. The Morgan fingerprint density at radius 3 is 2.48 bits per heavy atom. The van der Waals surface area contributed by atoms with Gasteiger partial charge in [0.05, 0.1) is 15.6 Å². The molecule has 6 nitrogen and oxygen atoms in total. The second-order valence-electron chi connectivity index (χ2n) is 4.24. The molecular formula is C12H15Cl2NO5S. The van der Waals surface area contributed by atoms with Crippen LogP contribution in [0.2, 0.25) is 10.0 Å². The number of ether oxygens (including phenoxy) is 1. The van der Waals surface area contributed by atoms with Crippen molar-refractivity contribution < 1.29 is 23.1 Å². The Morgan fingerprint density at radius 1 is 1.33 bits per heavy atom. The zero-order valence-corrected chi connectivity index (χ0v) is 13.8. The second kappa shape index (κ2) is 7.42. The van der Waals surface area contributed by atoms with E-state index in [0.29, 0.717) is 13.0 Å². The molecule has 0 aromatic heterocycles. The summed E-state index contributed by atoms with van der Waals surface area (Å²) >= 11 is 11.6. The van der Waals surface area contributed by atoms with Crippen LogP contribution in [0.1, 0.15) is 16.8 Å². The first-order valence-electron chi connectivity index (χ1n) is 5.89. The molecule has 0 amide bonds. The molecule has 9 heteroatoms. The molecule has 0 aliphatic rings. The maximum Gasteiger partial charge on any atom is 0.337 e. The van der Waals surface area contributed by atoms with Crippen LogP contribution >= 0.6 is 23.2 Å². The highest BCUT2D eigenvalue weighted by Crippen LogP contribution is 2.30. The Hall–Kier alpha value is -0.860. The topological polar surface area (TPSA) is 83.9 Å². The third-order valence-corrected chi connectivity index (χ3v) is 5.40. The van der Waals surface area contributed by atoms with Gasteiger partial charge in [-0.2, -0.15) is 0 Å². The quantitative estimate of drug-likeness (QED) is 0.758. The molecule has 0 atom stereocenters. The largest absolute Gasteiger partial charge is 0.478 e. The molecule has 0 heterocycles. The number of hydrogen-bond acceptors (Lipinski definition) is 4. The van der Waals surface area contributed by atoms with Crippen molar-refractivity contribution in [3.05, 3.63) is 27.7 Å². The van der Waals surface area contributed by atoms with Crippen LogP contribution in [-0.4, -0.2) is 51.1 Å². The van der Waals surface area contributed by atoms with Gasteiger partial charge in [0.2, 0.25) is 10.0 Å². The number of methoxy groups -OCH3 is 1. The SMILES string of the molecule is COCCCN(C)S(=O)(=O)c1cc(C(=O)O)c(Cl)cc1Cl. The van der Waals surface area contributed by atoms with Gasteiger partial charge < -0.3 is 9.84 Å². The van der Waals surface area contributed by atoms with Crippen molar-refractivity contribution in [2.45, 2.75) is 11.3 Å². The first-order valence-corrected chi connectivity index (χ1v) is 8.09. The van der Waals surface area contributed by atoms with Gasteiger partial charge >= 0.3 is 5.97 Å². The van der Waals surface area contributed by atoms with E-state index >= 15 is 0 Å². The van der Waals surface area contributed by atoms with Crippen LogP contribution in [0, 0.1) is 0 Å². The maximum atomic E-state index is 12.4. The van der Waals surface area contributed by atoms with E-state index in [1.54, 1.807) is 0 Å². The number of hydrogen-bond donors (Lipinski definition) is 1. The summed E-state index contributed by atoms with van der Waals surface area (Å²) in [5.74, 6) is -1.32. The lowest BCUT2D eigenvalue weighted by molar-refractivity contribution is 0.0697. The lowest BCUT2D eigenvalue weighted by atomic mass is 10.2. The van der Waals surface area contributed by atoms with Gasteiger partial charge in [-0.15, -0.1) is 0 Å². The van der Waals surface area contributed by atoms with Crippen molar-refractivity contribution in [3.63, 3.8) is 0 Å². The summed E-state index contributed by atoms with van der Waals surface area (Å²) in [6, 6.07) is 2.08. The molecular weight excluding hydrogens is 341 g/mol. The third-order valence-electron chi connectivity index (χ3n) is 2.76. The van der Waals surface area contributed by atoms with Crippen LogP contribution in [0.25, 0.3) is 0 Å². The maximum absolute atomic E-state index is 12.4. The summed E-state index contributed by atoms with van der Waals surface area (Å²) < 4.78 is 30.7. The summed E-state index contributed by atoms with van der Waals surface area (Å²) in [7, 11) is -0.996. The molecule has 0 saturated heterocycles. The average Bonchev–Trinajstić information content (AvgIpc) is 2.37. The number of rotatable bonds is 7. The van der Waals surface area contributed by atoms with Crippen LogP contribution in [0.4, 0.5) is 0 Å². The Morgan fingerprint density at radius 2 is 1.95 bits per heavy atom. The van der Waals surface area contributed by atoms with Crippen molar-refractivity contribution >= 4 is 39.2 Å². The fourth-order valence-electron chi connectivity index (χ4n) is 1.61. The van der Waals surface area contributed by atoms with E-state index in [-0.39, 0.29) is 27.0 Å². The minimum Gasteiger partial charge on any atom is -0.478 e. The van der Waals surface area contributed by atoms with Crippen LogP contribution < -0.4 is 0 Å². The predicted molar refractivity (Wildman–Crippen MR) is 79.7 cm³/mol. The summed E-state index contributed by atoms with van der Waals surface area (Å²) in [5, 5.41) is 8.77. The van der Waals surface area contributed by atoms with Crippen molar-refractivity contribution in [1.29, 1.82) is 0 Å². The fraction of sp³-hybridized carbons (Fsp3) is 0.417. The minimum absolute atomic E-state index is 0.117. The Balaban J connectivity index is 3.19. The molecule has 1 aromatic rings. The molecule has 0 fully saturated rings. The van der Waals surface area contributed by atoms with Crippen LogP contribution in [0.3, 0.4) is 0 Å². The fourth-order valence-corrected chi connectivity index (χ4v) is 3.64. The normalized spacial score (nSPS) is 11.9. The zero-order chi connectivity index (χ0) is 16.2. The van der Waals surface area contributed by atoms with Crippen molar-refractivity contribution in [2.75, 3.05) is 27.3 Å². The first-order chi connectivity index (χ1) is 9.71. The highest BCUT2D eigenvalue weighted by atomic mass is 35.5. The van der Waals surface area contributed by atoms with Crippen LogP contribution in [0.5, 0.6) is 0 Å². The minimum atomic E-state index is -3.90. The van der Waals surface area contributed by atoms with Gasteiger partial charge in [-0.3, -0.25) is 0 Å². The Kier molecular flexibility index (Phi) is 6.42. The van der Waals surface area contributed by atoms with Gasteiger partial charge in [-0.05, 0) is 18.6 Å². The molecule has 0 aliphatic heterocycles. The van der Waals surface area contributed by atoms with Gasteiger partial charge in [0, 0.05) is 27.3 Å². The van der Waals surface area contributed by atoms with E-state index in [1.165, 1.54) is 14.2 Å². The molecule has 0 saturated carbocycles. The number of carbonyl (C=O) groups is 1. The predicted octanol–water partition coefficient (Wildman–Crippen LogP) is 2.35. The molecule has 0 aliphatic carbocycles. The number of sulfonamides is 1. The van der Waals surface area contributed by atoms with E-state index in [4.69, 9.17) is 33.0 Å². The highest BCUT2D eigenvalue weighted by Gasteiger charge is 2.26. The van der Waals surface area contributed by atoms with Crippen LogP contribution in [-0.2, 0) is 14.8 Å². The highest BCUT2D eigenvalue weighted by molar-refractivity contribution is 7.89. The number of halogens is 2. The van der Waals surface area contributed by atoms with Crippen molar-refractivity contribution in [1.82, 2.24) is 4.31 Å². The second-order valence-corrected chi connectivity index (χ2v) is 7.07. The van der Waals surface area contributed by atoms with Gasteiger partial charge in [0.25, 0.3) is 0 Å². The van der Waals surface area contributed by atoms with Crippen LogP contribution in [0.15, 0.2) is 17.0 Å². The van der Waals surface area contributed by atoms with Crippen molar-refractivity contribution in [2.24, 2.45) is 0 Å². The van der Waals surface area contributed by atoms with Gasteiger partial charge in [-0.1, -0.05) is 23.2 Å². The van der Waals surface area contributed by atoms with Gasteiger partial charge in [0.1, 0.15) is 4.90 Å². The number of aromatic carboxylic acids is 1. The monoisotopic (exact) mass is 355 g/mol. The van der Waals surface area contributed by atoms with E-state index in [0.717, 1.165) is 16.4 Å². The molecule has 0 radical (unpaired) electrons. The number of carboxylic acids is 1. The number of benzene rings is 1. The molecule has 21 heavy (non-hydrogen) atoms. The molecule has 118 valence electrons. The third kappa shape index (κ3) is 4.31. The molecule has 0 bridgehead atoms. The summed E-state index contributed by atoms with van der Waals surface area (Å²) in [6.07, 6.45) is 0.503. The number of carboxylic acid groups (broad SMARTS) is 1. The Bertz CT molecular complexity index is 633. The summed E-state index contributed by atoms with van der Waals surface area (Å²) in [4.78, 5) is 10.8. The Labute approximate surface area is 133 Å².